The maximum Gasteiger partial charge on any atom is 0.123 e. The van der Waals surface area contributed by atoms with Crippen LogP contribution in [-0.2, 0) is 17.2 Å². The van der Waals surface area contributed by atoms with Gasteiger partial charge in [-0.1, -0.05) is 11.6 Å². The van der Waals surface area contributed by atoms with E-state index in [-0.39, 0.29) is 11.9 Å². The molecule has 1 heterocycles. The van der Waals surface area contributed by atoms with Crippen LogP contribution in [0.15, 0.2) is 41.3 Å². The van der Waals surface area contributed by atoms with Crippen molar-refractivity contribution < 1.29 is 13.3 Å². The molecule has 0 amide bonds. The number of rotatable bonds is 3. The highest BCUT2D eigenvalue weighted by Crippen LogP contribution is 2.30. The van der Waals surface area contributed by atoms with E-state index in [4.69, 9.17) is 22.1 Å². The van der Waals surface area contributed by atoms with Gasteiger partial charge in [-0.05, 0) is 36.4 Å². The van der Waals surface area contributed by atoms with Crippen LogP contribution in [0.2, 0.25) is 5.02 Å². The van der Waals surface area contributed by atoms with E-state index in [2.05, 4.69) is 0 Å². The number of nitrogens with two attached hydrogens (primary N) is 1. The second kappa shape index (κ2) is 5.66. The van der Waals surface area contributed by atoms with Gasteiger partial charge in [-0.2, -0.15) is 0 Å². The molecule has 0 aliphatic carbocycles. The van der Waals surface area contributed by atoms with Gasteiger partial charge in [0.1, 0.15) is 17.7 Å². The maximum absolute atomic E-state index is 13.2. The molecule has 110 valence electrons. The van der Waals surface area contributed by atoms with Crippen LogP contribution in [0.5, 0.6) is 5.75 Å². The summed E-state index contributed by atoms with van der Waals surface area (Å²) < 4.78 is 31.2. The fraction of sp³-hybridized carbons (Fsp3) is 0.200. The average Bonchev–Trinajstić information content (AvgIpc) is 2.79. The van der Waals surface area contributed by atoms with E-state index in [1.54, 1.807) is 24.3 Å². The molecule has 2 aromatic rings. The minimum Gasteiger partial charge on any atom is -0.489 e. The fourth-order valence-corrected chi connectivity index (χ4v) is 3.79. The van der Waals surface area contributed by atoms with Crippen LogP contribution in [0, 0.1) is 5.82 Å². The van der Waals surface area contributed by atoms with Crippen molar-refractivity contribution >= 4 is 28.1 Å². The van der Waals surface area contributed by atoms with E-state index >= 15 is 0 Å². The summed E-state index contributed by atoms with van der Waals surface area (Å²) in [6.45, 7) is 0. The lowest BCUT2D eigenvalue weighted by Gasteiger charge is -2.11. The maximum atomic E-state index is 13.2. The molecule has 0 aromatic heterocycles. The van der Waals surface area contributed by atoms with Crippen LogP contribution in [0.25, 0.3) is 0 Å². The van der Waals surface area contributed by atoms with E-state index < -0.39 is 10.8 Å². The Balaban J connectivity index is 1.72. The van der Waals surface area contributed by atoms with Gasteiger partial charge < -0.3 is 10.5 Å². The number of hydrogen-bond donors (Lipinski definition) is 1. The Morgan fingerprint density at radius 1 is 1.33 bits per heavy atom. The van der Waals surface area contributed by atoms with Crippen LogP contribution in [0.1, 0.15) is 5.56 Å². The third-order valence-corrected chi connectivity index (χ3v) is 5.09. The summed E-state index contributed by atoms with van der Waals surface area (Å²) in [6, 6.07) is 9.31. The van der Waals surface area contributed by atoms with Gasteiger partial charge in [0.15, 0.2) is 0 Å². The Hall–Kier alpha value is -1.59. The summed E-state index contributed by atoms with van der Waals surface area (Å²) in [4.78, 5) is 0.546. The van der Waals surface area contributed by atoms with Crippen molar-refractivity contribution in [2.45, 2.75) is 17.4 Å². The molecule has 0 fully saturated rings. The summed E-state index contributed by atoms with van der Waals surface area (Å²) in [5, 5.41) is 0.508. The Morgan fingerprint density at radius 3 is 2.90 bits per heavy atom. The molecule has 3 nitrogen and oxygen atoms in total. The number of anilines is 1. The number of fused-ring (bicyclic) bond motifs is 1. The molecule has 0 radical (unpaired) electrons. The van der Waals surface area contributed by atoms with Crippen LogP contribution in [0.3, 0.4) is 0 Å². The third kappa shape index (κ3) is 3.04. The monoisotopic (exact) mass is 325 g/mol. The number of ether oxygens (including phenoxy) is 1. The van der Waals surface area contributed by atoms with Gasteiger partial charge in [0.25, 0.3) is 0 Å². The molecule has 1 aliphatic rings. The highest BCUT2D eigenvalue weighted by Gasteiger charge is 2.26. The zero-order valence-electron chi connectivity index (χ0n) is 11.0. The number of halogens is 2. The Kier molecular flexibility index (Phi) is 3.87. The van der Waals surface area contributed by atoms with Gasteiger partial charge >= 0.3 is 0 Å². The van der Waals surface area contributed by atoms with E-state index in [0.29, 0.717) is 33.5 Å². The normalized spacial score (nSPS) is 18.1. The molecule has 2 aromatic carbocycles. The second-order valence-electron chi connectivity index (χ2n) is 4.89. The molecule has 21 heavy (non-hydrogen) atoms. The molecule has 2 N–H and O–H groups in total. The van der Waals surface area contributed by atoms with Gasteiger partial charge in [0, 0.05) is 22.7 Å². The van der Waals surface area contributed by atoms with Crippen molar-refractivity contribution in [3.05, 3.63) is 52.8 Å². The Morgan fingerprint density at radius 2 is 2.14 bits per heavy atom. The van der Waals surface area contributed by atoms with Crippen molar-refractivity contribution in [1.82, 2.24) is 0 Å². The highest BCUT2D eigenvalue weighted by molar-refractivity contribution is 7.85. The quantitative estimate of drug-likeness (QED) is 0.882. The predicted octanol–water partition coefficient (Wildman–Crippen LogP) is 3.17. The molecule has 0 bridgehead atoms. The van der Waals surface area contributed by atoms with Crippen molar-refractivity contribution in [2.75, 3.05) is 11.5 Å². The van der Waals surface area contributed by atoms with Gasteiger partial charge in [-0.25, -0.2) is 4.39 Å². The number of hydrogen-bond acceptors (Lipinski definition) is 3. The summed E-state index contributed by atoms with van der Waals surface area (Å²) in [5.74, 6) is 0.672. The number of nitrogen functional groups attached to an aromatic ring is 1. The minimum atomic E-state index is -1.29. The van der Waals surface area contributed by atoms with E-state index in [1.807, 2.05) is 0 Å². The SMILES string of the molecule is Nc1cc(Cl)ccc1S(=O)CC1Cc2cc(F)ccc2O1. The average molecular weight is 326 g/mol. The van der Waals surface area contributed by atoms with E-state index in [1.165, 1.54) is 12.1 Å². The van der Waals surface area contributed by atoms with Crippen LogP contribution < -0.4 is 10.5 Å². The molecule has 0 saturated heterocycles. The molecule has 0 spiro atoms. The van der Waals surface area contributed by atoms with Crippen molar-refractivity contribution in [2.24, 2.45) is 0 Å². The lowest BCUT2D eigenvalue weighted by atomic mass is 10.1. The standard InChI is InChI=1S/C15H13ClFNO2S/c16-10-1-4-15(13(18)7-10)21(19)8-12-6-9-5-11(17)2-3-14(9)20-12/h1-5,7,12H,6,8,18H2. The van der Waals surface area contributed by atoms with Crippen molar-refractivity contribution in [3.8, 4) is 5.75 Å². The van der Waals surface area contributed by atoms with Crippen LogP contribution in [-0.4, -0.2) is 16.1 Å². The molecule has 0 saturated carbocycles. The predicted molar refractivity (Wildman–Crippen MR) is 81.7 cm³/mol. The Labute approximate surface area is 129 Å². The van der Waals surface area contributed by atoms with E-state index in [9.17, 15) is 8.60 Å². The minimum absolute atomic E-state index is 0.238. The topological polar surface area (TPSA) is 52.3 Å². The molecular weight excluding hydrogens is 313 g/mol. The molecule has 1 aliphatic heterocycles. The second-order valence-corrected chi connectivity index (χ2v) is 6.79. The first-order valence-corrected chi connectivity index (χ1v) is 8.11. The summed E-state index contributed by atoms with van der Waals surface area (Å²) in [6.07, 6.45) is 0.310. The highest BCUT2D eigenvalue weighted by atomic mass is 35.5. The first kappa shape index (κ1) is 14.4. The molecular formula is C15H13ClFNO2S. The zero-order valence-corrected chi connectivity index (χ0v) is 12.6. The summed E-state index contributed by atoms with van der Waals surface area (Å²) in [5.41, 5.74) is 7.04. The molecule has 2 atom stereocenters. The van der Waals surface area contributed by atoms with Crippen LogP contribution in [0.4, 0.5) is 10.1 Å². The number of benzene rings is 2. The summed E-state index contributed by atoms with van der Waals surface area (Å²) in [7, 11) is -1.29. The van der Waals surface area contributed by atoms with E-state index in [0.717, 1.165) is 5.56 Å². The first-order valence-electron chi connectivity index (χ1n) is 6.41. The molecule has 2 unspecified atom stereocenters. The lowest BCUT2D eigenvalue weighted by Crippen LogP contribution is -2.22. The third-order valence-electron chi connectivity index (χ3n) is 3.32. The molecule has 3 rings (SSSR count). The summed E-state index contributed by atoms with van der Waals surface area (Å²) >= 11 is 5.83. The van der Waals surface area contributed by atoms with Gasteiger partial charge in [-0.15, -0.1) is 0 Å². The fourth-order valence-electron chi connectivity index (χ4n) is 2.37. The van der Waals surface area contributed by atoms with Crippen LogP contribution >= 0.6 is 11.6 Å². The first-order chi connectivity index (χ1) is 10.0. The van der Waals surface area contributed by atoms with Gasteiger partial charge in [-0.3, -0.25) is 4.21 Å². The van der Waals surface area contributed by atoms with Gasteiger partial charge in [0.2, 0.25) is 0 Å². The van der Waals surface area contributed by atoms with Gasteiger partial charge in [0.05, 0.1) is 21.4 Å². The van der Waals surface area contributed by atoms with Crippen molar-refractivity contribution in [3.63, 3.8) is 0 Å². The Bertz CT molecular complexity index is 723. The van der Waals surface area contributed by atoms with Crippen molar-refractivity contribution in [1.29, 1.82) is 0 Å². The smallest absolute Gasteiger partial charge is 0.123 e. The lowest BCUT2D eigenvalue weighted by molar-refractivity contribution is 0.258. The molecule has 6 heteroatoms. The zero-order chi connectivity index (χ0) is 15.0. The largest absolute Gasteiger partial charge is 0.489 e.